The van der Waals surface area contributed by atoms with E-state index in [4.69, 9.17) is 4.74 Å². The van der Waals surface area contributed by atoms with Crippen LogP contribution in [0.15, 0.2) is 12.7 Å². The van der Waals surface area contributed by atoms with E-state index in [2.05, 4.69) is 27.4 Å². The van der Waals surface area contributed by atoms with Crippen molar-refractivity contribution in [1.29, 1.82) is 0 Å². The average molecular weight is 290 g/mol. The van der Waals surface area contributed by atoms with E-state index >= 15 is 0 Å². The Kier molecular flexibility index (Phi) is 3.70. The Bertz CT molecular complexity index is 439. The molecular weight excluding hydrogens is 260 g/mol. The van der Waals surface area contributed by atoms with Gasteiger partial charge < -0.3 is 4.74 Å². The Labute approximate surface area is 129 Å². The van der Waals surface area contributed by atoms with Crippen LogP contribution in [-0.2, 0) is 9.53 Å². The van der Waals surface area contributed by atoms with Crippen molar-refractivity contribution < 1.29 is 9.53 Å². The minimum absolute atomic E-state index is 0.125. The first-order valence-corrected chi connectivity index (χ1v) is 8.71. The van der Waals surface area contributed by atoms with Gasteiger partial charge in [-0.05, 0) is 73.5 Å². The van der Waals surface area contributed by atoms with Gasteiger partial charge >= 0.3 is 5.97 Å². The summed E-state index contributed by atoms with van der Waals surface area (Å²) in [5.41, 5.74) is 0.981. The van der Waals surface area contributed by atoms with Crippen LogP contribution in [0.4, 0.5) is 0 Å². The fourth-order valence-corrected chi connectivity index (χ4v) is 5.84. The molecule has 3 rings (SSSR count). The van der Waals surface area contributed by atoms with E-state index in [1.807, 2.05) is 0 Å². The summed E-state index contributed by atoms with van der Waals surface area (Å²) in [6.07, 6.45) is 10.3. The molecule has 0 aromatic heterocycles. The number of ether oxygens (including phenoxy) is 1. The van der Waals surface area contributed by atoms with Gasteiger partial charge in [-0.1, -0.05) is 27.4 Å². The second-order valence-electron chi connectivity index (χ2n) is 8.41. The Morgan fingerprint density at radius 1 is 1.19 bits per heavy atom. The number of carbonyl (C=O) groups excluding carboxylic acids is 1. The highest BCUT2D eigenvalue weighted by atomic mass is 16.5. The summed E-state index contributed by atoms with van der Waals surface area (Å²) in [7, 11) is 0. The number of carbonyl (C=O) groups is 1. The Hall–Kier alpha value is -0.790. The molecule has 3 aliphatic carbocycles. The molecule has 0 heterocycles. The van der Waals surface area contributed by atoms with E-state index < -0.39 is 0 Å². The highest BCUT2D eigenvalue weighted by Crippen LogP contribution is 2.70. The Morgan fingerprint density at radius 3 is 2.52 bits per heavy atom. The number of fused-ring (bicyclic) bond motifs is 2. The molecule has 0 aliphatic heterocycles. The smallest absolute Gasteiger partial charge is 0.330 e. The molecule has 3 saturated carbocycles. The molecule has 0 aromatic carbocycles. The summed E-state index contributed by atoms with van der Waals surface area (Å²) >= 11 is 0. The molecule has 2 heteroatoms. The molecule has 5 atom stereocenters. The standard InChI is InChI=1S/C19H30O2/c1-5-17(20)21-15-8-6-7-13(11-15)16-12-14-9-10-19(16,4)18(14,2)3/h5,13-16H,1,6-12H2,2-4H3/t13-,14-,15-,16+,19-/m1/s1. The lowest BCUT2D eigenvalue weighted by atomic mass is 9.61. The van der Waals surface area contributed by atoms with Crippen molar-refractivity contribution in [3.8, 4) is 0 Å². The van der Waals surface area contributed by atoms with Gasteiger partial charge in [0.05, 0.1) is 0 Å². The molecule has 3 fully saturated rings. The monoisotopic (exact) mass is 290 g/mol. The average Bonchev–Trinajstić information content (AvgIpc) is 2.80. The van der Waals surface area contributed by atoms with Gasteiger partial charge in [0.1, 0.15) is 6.10 Å². The third-order valence-corrected chi connectivity index (χ3v) is 7.55. The number of esters is 1. The summed E-state index contributed by atoms with van der Waals surface area (Å²) in [6, 6.07) is 0. The zero-order valence-corrected chi connectivity index (χ0v) is 13.9. The largest absolute Gasteiger partial charge is 0.459 e. The molecule has 118 valence electrons. The van der Waals surface area contributed by atoms with Crippen molar-refractivity contribution >= 4 is 5.97 Å². The quantitative estimate of drug-likeness (QED) is 0.554. The van der Waals surface area contributed by atoms with Crippen LogP contribution in [0.25, 0.3) is 0 Å². The summed E-state index contributed by atoms with van der Waals surface area (Å²) < 4.78 is 5.54. The summed E-state index contributed by atoms with van der Waals surface area (Å²) in [6.45, 7) is 11.0. The van der Waals surface area contributed by atoms with Crippen molar-refractivity contribution in [3.63, 3.8) is 0 Å². The van der Waals surface area contributed by atoms with Crippen LogP contribution >= 0.6 is 0 Å². The molecule has 0 amide bonds. The second-order valence-corrected chi connectivity index (χ2v) is 8.41. The lowest BCUT2D eigenvalue weighted by Gasteiger charge is -2.45. The summed E-state index contributed by atoms with van der Waals surface area (Å²) in [5, 5.41) is 0. The Morgan fingerprint density at radius 2 is 1.95 bits per heavy atom. The van der Waals surface area contributed by atoms with Crippen molar-refractivity contribution in [2.75, 3.05) is 0 Å². The van der Waals surface area contributed by atoms with Crippen LogP contribution in [0.3, 0.4) is 0 Å². The van der Waals surface area contributed by atoms with E-state index in [1.54, 1.807) is 0 Å². The SMILES string of the molecule is C=CC(=O)O[C@@H]1CCC[C@@H]([C@@H]2C[C@H]3CC[C@@]2(C)C3(C)C)C1. The summed E-state index contributed by atoms with van der Waals surface area (Å²) in [5.74, 6) is 2.23. The Balaban J connectivity index is 1.70. The molecule has 2 nitrogen and oxygen atoms in total. The maximum absolute atomic E-state index is 11.5. The number of hydrogen-bond donors (Lipinski definition) is 0. The zero-order chi connectivity index (χ0) is 15.3. The molecule has 2 bridgehead atoms. The van der Waals surface area contributed by atoms with Crippen LogP contribution in [0.5, 0.6) is 0 Å². The number of rotatable bonds is 3. The van der Waals surface area contributed by atoms with Crippen LogP contribution in [0.1, 0.15) is 65.7 Å². The fraction of sp³-hybridized carbons (Fsp3) is 0.842. The van der Waals surface area contributed by atoms with E-state index in [0.29, 0.717) is 10.8 Å². The topological polar surface area (TPSA) is 26.3 Å². The molecule has 0 saturated heterocycles. The molecule has 0 aromatic rings. The maximum Gasteiger partial charge on any atom is 0.330 e. The van der Waals surface area contributed by atoms with Gasteiger partial charge in [-0.15, -0.1) is 0 Å². The zero-order valence-electron chi connectivity index (χ0n) is 13.9. The fourth-order valence-electron chi connectivity index (χ4n) is 5.84. The third-order valence-electron chi connectivity index (χ3n) is 7.55. The lowest BCUT2D eigenvalue weighted by Crippen LogP contribution is -2.38. The van der Waals surface area contributed by atoms with Gasteiger partial charge in [-0.2, -0.15) is 0 Å². The summed E-state index contributed by atoms with van der Waals surface area (Å²) in [4.78, 5) is 11.5. The number of hydrogen-bond acceptors (Lipinski definition) is 2. The first-order valence-electron chi connectivity index (χ1n) is 8.71. The molecule has 0 unspecified atom stereocenters. The van der Waals surface area contributed by atoms with Gasteiger partial charge in [0, 0.05) is 6.08 Å². The van der Waals surface area contributed by atoms with Gasteiger partial charge in [-0.3, -0.25) is 0 Å². The predicted octanol–water partition coefficient (Wildman–Crippen LogP) is 4.74. The maximum atomic E-state index is 11.5. The van der Waals surface area contributed by atoms with Crippen LogP contribution in [-0.4, -0.2) is 12.1 Å². The van der Waals surface area contributed by atoms with Crippen LogP contribution in [0.2, 0.25) is 0 Å². The van der Waals surface area contributed by atoms with E-state index in [0.717, 1.165) is 30.6 Å². The van der Waals surface area contributed by atoms with Crippen molar-refractivity contribution in [2.45, 2.75) is 71.8 Å². The second kappa shape index (κ2) is 5.14. The van der Waals surface area contributed by atoms with Crippen molar-refractivity contribution in [3.05, 3.63) is 12.7 Å². The first kappa shape index (κ1) is 15.1. The molecule has 0 N–H and O–H groups in total. The molecule has 0 radical (unpaired) electrons. The van der Waals surface area contributed by atoms with E-state index in [9.17, 15) is 4.79 Å². The first-order chi connectivity index (χ1) is 9.88. The van der Waals surface area contributed by atoms with E-state index in [-0.39, 0.29) is 12.1 Å². The predicted molar refractivity (Wildman–Crippen MR) is 84.8 cm³/mol. The minimum atomic E-state index is -0.250. The molecule has 0 spiro atoms. The van der Waals surface area contributed by atoms with Gasteiger partial charge in [-0.25, -0.2) is 4.79 Å². The lowest BCUT2D eigenvalue weighted by molar-refractivity contribution is -0.146. The van der Waals surface area contributed by atoms with Crippen molar-refractivity contribution in [2.24, 2.45) is 28.6 Å². The van der Waals surface area contributed by atoms with Crippen LogP contribution in [0, 0.1) is 28.6 Å². The van der Waals surface area contributed by atoms with Crippen LogP contribution < -0.4 is 0 Å². The molecular formula is C19H30O2. The van der Waals surface area contributed by atoms with Crippen molar-refractivity contribution in [1.82, 2.24) is 0 Å². The van der Waals surface area contributed by atoms with Gasteiger partial charge in [0.15, 0.2) is 0 Å². The molecule has 3 aliphatic rings. The molecule has 21 heavy (non-hydrogen) atoms. The van der Waals surface area contributed by atoms with Gasteiger partial charge in [0.25, 0.3) is 0 Å². The third kappa shape index (κ3) is 2.26. The van der Waals surface area contributed by atoms with Gasteiger partial charge in [0.2, 0.25) is 0 Å². The highest BCUT2D eigenvalue weighted by molar-refractivity contribution is 5.81. The van der Waals surface area contributed by atoms with E-state index in [1.165, 1.54) is 38.2 Å². The highest BCUT2D eigenvalue weighted by Gasteiger charge is 2.62. The normalized spacial score (nSPS) is 44.5. The minimum Gasteiger partial charge on any atom is -0.459 e.